The zero-order chi connectivity index (χ0) is 47.8. The Morgan fingerprint density at radius 1 is 0.319 bits per heavy atom. The van der Waals surface area contributed by atoms with Crippen LogP contribution in [0.4, 0.5) is 0 Å². The van der Waals surface area contributed by atoms with Crippen molar-refractivity contribution in [3.8, 4) is 61.3 Å². The maximum atomic E-state index is 5.98. The Morgan fingerprint density at radius 2 is 0.708 bits per heavy atom. The van der Waals surface area contributed by atoms with Crippen LogP contribution in [0.3, 0.4) is 0 Å². The number of para-hydroxylation sites is 1. The van der Waals surface area contributed by atoms with Crippen molar-refractivity contribution in [2.45, 2.75) is 0 Å². The zero-order valence-corrected chi connectivity index (χ0v) is 39.1. The van der Waals surface area contributed by atoms with Gasteiger partial charge in [-0.15, -0.1) is 0 Å². The van der Waals surface area contributed by atoms with Gasteiger partial charge in [0.2, 0.25) is 0 Å². The molecule has 2 aliphatic heterocycles. The average molecular weight is 921 g/mol. The topological polar surface area (TPSA) is 72.3 Å². The molecule has 0 amide bonds. The molecule has 6 heteroatoms. The van der Waals surface area contributed by atoms with Crippen molar-refractivity contribution in [2.24, 2.45) is 0 Å². The van der Waals surface area contributed by atoms with Crippen LogP contribution >= 0.6 is 0 Å². The van der Waals surface area contributed by atoms with E-state index in [1.807, 2.05) is 12.1 Å². The van der Waals surface area contributed by atoms with Gasteiger partial charge >= 0.3 is 0 Å². The normalized spacial score (nSPS) is 12.1. The summed E-state index contributed by atoms with van der Waals surface area (Å²) in [6.45, 7) is 0. The summed E-state index contributed by atoms with van der Waals surface area (Å²) in [7, 11) is 0. The lowest BCUT2D eigenvalue weighted by atomic mass is 9.93. The highest BCUT2D eigenvalue weighted by Crippen LogP contribution is 2.48. The lowest BCUT2D eigenvalue weighted by molar-refractivity contribution is 1.08. The fourth-order valence-corrected chi connectivity index (χ4v) is 10.3. The van der Waals surface area contributed by atoms with E-state index in [9.17, 15) is 0 Å². The third kappa shape index (κ3) is 7.55. The SMILES string of the molecule is C1=Cc2nc1c(-c1ccccc1)c1cc(-c3ccccc3)c(nc3nc(nc4c(-c5ccccc5)c(-c5ccccc5)c(c2-c2ccccc2)n4-c2ccccc2)C(c2ccccc2)=C3c2ccccc2)[nH]1. The summed E-state index contributed by atoms with van der Waals surface area (Å²) in [5, 5.41) is 0. The monoisotopic (exact) mass is 920 g/mol. The van der Waals surface area contributed by atoms with E-state index < -0.39 is 0 Å². The summed E-state index contributed by atoms with van der Waals surface area (Å²) >= 11 is 0. The van der Waals surface area contributed by atoms with Crippen molar-refractivity contribution in [3.63, 3.8) is 0 Å². The molecule has 13 rings (SSSR count). The van der Waals surface area contributed by atoms with Crippen molar-refractivity contribution in [1.82, 2.24) is 29.5 Å². The molecule has 72 heavy (non-hydrogen) atoms. The number of aromatic nitrogens is 6. The van der Waals surface area contributed by atoms with Gasteiger partial charge in [0.1, 0.15) is 11.3 Å². The molecule has 0 spiro atoms. The van der Waals surface area contributed by atoms with Gasteiger partial charge in [-0.3, -0.25) is 4.57 Å². The van der Waals surface area contributed by atoms with Crippen LogP contribution < -0.4 is 0 Å². The number of hydrogen-bond donors (Lipinski definition) is 1. The number of rotatable bonds is 8. The van der Waals surface area contributed by atoms with Gasteiger partial charge in [-0.25, -0.2) is 19.9 Å². The molecule has 0 fully saturated rings. The molecule has 0 aliphatic carbocycles. The lowest BCUT2D eigenvalue weighted by Crippen LogP contribution is -2.00. The Bertz CT molecular complexity index is 4020. The Labute approximate surface area is 417 Å². The van der Waals surface area contributed by atoms with E-state index in [1.54, 1.807) is 0 Å². The number of H-pyrrole nitrogens is 1. The molecule has 5 heterocycles. The second-order valence-corrected chi connectivity index (χ2v) is 17.8. The predicted octanol–water partition coefficient (Wildman–Crippen LogP) is 16.1. The van der Waals surface area contributed by atoms with Crippen LogP contribution in [0.1, 0.15) is 34.2 Å². The van der Waals surface area contributed by atoms with Crippen LogP contribution in [0.2, 0.25) is 0 Å². The number of nitrogens with zero attached hydrogens (tertiary/aromatic N) is 5. The van der Waals surface area contributed by atoms with Crippen LogP contribution in [-0.2, 0) is 0 Å². The number of hydrogen-bond acceptors (Lipinski definition) is 4. The molecular weight excluding hydrogens is 877 g/mol. The molecule has 8 bridgehead atoms. The van der Waals surface area contributed by atoms with Crippen molar-refractivity contribution in [2.75, 3.05) is 0 Å². The fourth-order valence-electron chi connectivity index (χ4n) is 10.3. The third-order valence-electron chi connectivity index (χ3n) is 13.4. The molecule has 1 N–H and O–H groups in total. The molecule has 6 nitrogen and oxygen atoms in total. The van der Waals surface area contributed by atoms with Crippen LogP contribution in [0, 0.1) is 0 Å². The van der Waals surface area contributed by atoms with Crippen molar-refractivity contribution < 1.29 is 0 Å². The first-order chi connectivity index (χ1) is 35.7. The Hall–Kier alpha value is -9.78. The van der Waals surface area contributed by atoms with Gasteiger partial charge in [0.05, 0.1) is 22.4 Å². The highest BCUT2D eigenvalue weighted by atomic mass is 15.1. The van der Waals surface area contributed by atoms with E-state index in [0.717, 1.165) is 112 Å². The number of nitrogens with one attached hydrogen (secondary N) is 1. The molecule has 3 aromatic heterocycles. The number of benzene rings is 8. The summed E-state index contributed by atoms with van der Waals surface area (Å²) in [5.74, 6) is 1.09. The van der Waals surface area contributed by atoms with Crippen LogP contribution in [0.5, 0.6) is 0 Å². The maximum Gasteiger partial charge on any atom is 0.165 e. The van der Waals surface area contributed by atoms with Crippen LogP contribution in [-0.4, -0.2) is 29.5 Å². The van der Waals surface area contributed by atoms with Crippen molar-refractivity contribution >= 4 is 45.6 Å². The molecule has 2 aliphatic rings. The van der Waals surface area contributed by atoms with Gasteiger partial charge in [-0.2, -0.15) is 0 Å². The van der Waals surface area contributed by atoms with Gasteiger partial charge in [-0.05, 0) is 69.3 Å². The largest absolute Gasteiger partial charge is 0.339 e. The van der Waals surface area contributed by atoms with Crippen molar-refractivity contribution in [1.29, 1.82) is 0 Å². The minimum absolute atomic E-state index is 0.545. The van der Waals surface area contributed by atoms with Crippen LogP contribution in [0.25, 0.3) is 107 Å². The molecule has 338 valence electrons. The van der Waals surface area contributed by atoms with E-state index in [4.69, 9.17) is 19.9 Å². The number of fused-ring (bicyclic) bond motifs is 8. The van der Waals surface area contributed by atoms with E-state index in [0.29, 0.717) is 17.3 Å². The summed E-state index contributed by atoms with van der Waals surface area (Å²) in [5.41, 5.74) is 19.5. The minimum atomic E-state index is 0.545. The Morgan fingerprint density at radius 3 is 1.21 bits per heavy atom. The quantitative estimate of drug-likeness (QED) is 0.165. The van der Waals surface area contributed by atoms with Gasteiger partial charge in [0.15, 0.2) is 11.6 Å². The number of aromatic amines is 1. The van der Waals surface area contributed by atoms with Gasteiger partial charge in [0.25, 0.3) is 0 Å². The Balaban J connectivity index is 1.35. The first kappa shape index (κ1) is 42.3. The first-order valence-electron chi connectivity index (χ1n) is 24.2. The standard InChI is InChI=1S/C66H44N6/c1-9-25-44(26-10-1)52-43-55-56(45-27-11-2-12-28-45)53-41-42-54(67-53)57(46-29-13-3-14-30-46)62-58(47-31-15-4-16-32-47)61(50-37-21-7-22-38-50)66(72(62)51-39-23-8-24-40-51)71-65-60(49-35-19-6-20-36-49)59(48-33-17-5-18-34-48)64(70-65)69-63(52)68-55/h1-43H,(H,68,69,70,71). The molecule has 0 radical (unpaired) electrons. The molecule has 0 saturated carbocycles. The van der Waals surface area contributed by atoms with Crippen LogP contribution in [0.15, 0.2) is 249 Å². The van der Waals surface area contributed by atoms with E-state index >= 15 is 0 Å². The average Bonchev–Trinajstić information content (AvgIpc) is 4.25. The molecule has 0 saturated heterocycles. The van der Waals surface area contributed by atoms with E-state index in [-0.39, 0.29) is 0 Å². The Kier molecular flexibility index (Phi) is 10.7. The highest BCUT2D eigenvalue weighted by molar-refractivity contribution is 6.11. The lowest BCUT2D eigenvalue weighted by Gasteiger charge is -2.13. The molecule has 11 aromatic rings. The van der Waals surface area contributed by atoms with Gasteiger partial charge in [-0.1, -0.05) is 231 Å². The summed E-state index contributed by atoms with van der Waals surface area (Å²) in [4.78, 5) is 26.9. The smallest absolute Gasteiger partial charge is 0.165 e. The maximum absolute atomic E-state index is 5.98. The first-order valence-corrected chi connectivity index (χ1v) is 24.2. The minimum Gasteiger partial charge on any atom is -0.339 e. The second-order valence-electron chi connectivity index (χ2n) is 17.8. The molecule has 8 aromatic carbocycles. The van der Waals surface area contributed by atoms with Crippen molar-refractivity contribution in [3.05, 3.63) is 283 Å². The van der Waals surface area contributed by atoms with Gasteiger partial charge < -0.3 is 4.98 Å². The fraction of sp³-hybridized carbons (Fsp3) is 0. The summed E-state index contributed by atoms with van der Waals surface area (Å²) in [6.07, 6.45) is 4.33. The highest BCUT2D eigenvalue weighted by Gasteiger charge is 2.30. The van der Waals surface area contributed by atoms with Gasteiger partial charge in [0, 0.05) is 44.7 Å². The second kappa shape index (κ2) is 18.3. The third-order valence-corrected chi connectivity index (χ3v) is 13.4. The predicted molar refractivity (Wildman–Crippen MR) is 296 cm³/mol. The molecule has 0 atom stereocenters. The molecular formula is C66H44N6. The molecule has 0 unspecified atom stereocenters. The van der Waals surface area contributed by atoms with E-state index in [2.05, 4.69) is 258 Å². The summed E-state index contributed by atoms with van der Waals surface area (Å²) in [6, 6.07) is 86.8. The van der Waals surface area contributed by atoms with E-state index in [1.165, 1.54) is 0 Å². The zero-order valence-electron chi connectivity index (χ0n) is 39.1. The summed E-state index contributed by atoms with van der Waals surface area (Å²) < 4.78 is 2.33.